The van der Waals surface area contributed by atoms with Gasteiger partial charge in [0, 0.05) is 12.3 Å². The molecule has 3 aromatic rings. The maximum absolute atomic E-state index is 12.6. The van der Waals surface area contributed by atoms with Crippen LogP contribution in [0.15, 0.2) is 84.9 Å². The van der Waals surface area contributed by atoms with E-state index in [-0.39, 0.29) is 11.8 Å². The van der Waals surface area contributed by atoms with Crippen LogP contribution in [0.2, 0.25) is 0 Å². The molecule has 3 rings (SSSR count). The summed E-state index contributed by atoms with van der Waals surface area (Å²) in [4.78, 5) is 24.9. The lowest BCUT2D eigenvalue weighted by molar-refractivity contribution is -0.113. The largest absolute Gasteiger partial charge is 0.352 e. The van der Waals surface area contributed by atoms with Crippen molar-refractivity contribution >= 4 is 29.3 Å². The van der Waals surface area contributed by atoms with Crippen LogP contribution >= 0.6 is 11.8 Å². The maximum atomic E-state index is 12.6. The molecule has 148 valence electrons. The minimum Gasteiger partial charge on any atom is -0.352 e. The average molecular weight is 405 g/mol. The lowest BCUT2D eigenvalue weighted by Crippen LogP contribution is -2.27. The highest BCUT2D eigenvalue weighted by molar-refractivity contribution is 7.99. The van der Waals surface area contributed by atoms with Crippen molar-refractivity contribution in [1.29, 1.82) is 0 Å². The molecule has 0 radical (unpaired) electrons. The number of anilines is 1. The molecule has 0 fully saturated rings. The lowest BCUT2D eigenvalue weighted by Gasteiger charge is -2.11. The van der Waals surface area contributed by atoms with Crippen molar-refractivity contribution in [3.8, 4) is 0 Å². The summed E-state index contributed by atoms with van der Waals surface area (Å²) in [5, 5.41) is 5.80. The van der Waals surface area contributed by atoms with Gasteiger partial charge in [0.15, 0.2) is 0 Å². The monoisotopic (exact) mass is 404 g/mol. The highest BCUT2D eigenvalue weighted by atomic mass is 32.2. The molecule has 0 heterocycles. The standard InChI is InChI=1S/C24H24N2O2S/c27-23(18-29-17-20-11-5-2-6-12-20)26-22-14-8-7-13-21(22)24(28)25-16-15-19-9-3-1-4-10-19/h1-14H,15-18H2,(H,25,28)(H,26,27). The highest BCUT2D eigenvalue weighted by Crippen LogP contribution is 2.17. The maximum Gasteiger partial charge on any atom is 0.253 e. The number of amides is 2. The predicted octanol–water partition coefficient (Wildman–Crippen LogP) is 4.53. The van der Waals surface area contributed by atoms with E-state index in [2.05, 4.69) is 10.6 Å². The minimum absolute atomic E-state index is 0.115. The Hall–Kier alpha value is -3.05. The number of rotatable bonds is 9. The van der Waals surface area contributed by atoms with Crippen molar-refractivity contribution in [2.24, 2.45) is 0 Å². The topological polar surface area (TPSA) is 58.2 Å². The third-order valence-electron chi connectivity index (χ3n) is 4.33. The zero-order valence-corrected chi connectivity index (χ0v) is 17.0. The average Bonchev–Trinajstić information content (AvgIpc) is 2.75. The lowest BCUT2D eigenvalue weighted by atomic mass is 10.1. The van der Waals surface area contributed by atoms with Crippen LogP contribution in [0.5, 0.6) is 0 Å². The fourth-order valence-corrected chi connectivity index (χ4v) is 3.66. The Morgan fingerprint density at radius 2 is 1.38 bits per heavy atom. The molecule has 0 bridgehead atoms. The van der Waals surface area contributed by atoms with Gasteiger partial charge in [0.1, 0.15) is 0 Å². The number of nitrogens with one attached hydrogen (secondary N) is 2. The van der Waals surface area contributed by atoms with Gasteiger partial charge in [-0.05, 0) is 29.7 Å². The summed E-state index contributed by atoms with van der Waals surface area (Å²) in [7, 11) is 0. The van der Waals surface area contributed by atoms with Gasteiger partial charge >= 0.3 is 0 Å². The summed E-state index contributed by atoms with van der Waals surface area (Å²) in [5.41, 5.74) is 3.37. The first-order chi connectivity index (χ1) is 14.2. The van der Waals surface area contributed by atoms with Gasteiger partial charge in [-0.15, -0.1) is 11.8 Å². The molecule has 0 aliphatic rings. The third kappa shape index (κ3) is 6.80. The number of carbonyl (C=O) groups is 2. The van der Waals surface area contributed by atoms with Gasteiger partial charge in [0.25, 0.3) is 5.91 Å². The van der Waals surface area contributed by atoms with E-state index in [1.165, 1.54) is 11.1 Å². The first-order valence-corrected chi connectivity index (χ1v) is 10.7. The first kappa shape index (κ1) is 20.7. The number of hydrogen-bond acceptors (Lipinski definition) is 3. The molecule has 2 N–H and O–H groups in total. The smallest absolute Gasteiger partial charge is 0.253 e. The second-order valence-corrected chi connectivity index (χ2v) is 7.55. The van der Waals surface area contributed by atoms with Crippen molar-refractivity contribution in [1.82, 2.24) is 5.32 Å². The molecule has 29 heavy (non-hydrogen) atoms. The SMILES string of the molecule is O=C(CSCc1ccccc1)Nc1ccccc1C(=O)NCCc1ccccc1. The van der Waals surface area contributed by atoms with Gasteiger partial charge in [-0.1, -0.05) is 72.8 Å². The van der Waals surface area contributed by atoms with E-state index in [4.69, 9.17) is 0 Å². The summed E-state index contributed by atoms with van der Waals surface area (Å²) in [6.07, 6.45) is 0.761. The van der Waals surface area contributed by atoms with E-state index in [1.54, 1.807) is 30.0 Å². The van der Waals surface area contributed by atoms with Crippen LogP contribution in [-0.4, -0.2) is 24.1 Å². The molecule has 0 atom stereocenters. The number of para-hydroxylation sites is 1. The molecule has 0 aromatic heterocycles. The summed E-state index contributed by atoms with van der Waals surface area (Å²) in [6.45, 7) is 0.540. The Morgan fingerprint density at radius 3 is 2.10 bits per heavy atom. The van der Waals surface area contributed by atoms with Crippen molar-refractivity contribution in [3.63, 3.8) is 0 Å². The van der Waals surface area contributed by atoms with E-state index in [1.807, 2.05) is 66.7 Å². The molecular formula is C24H24N2O2S. The molecule has 4 nitrogen and oxygen atoms in total. The van der Waals surface area contributed by atoms with Crippen LogP contribution in [0.3, 0.4) is 0 Å². The summed E-state index contributed by atoms with van der Waals surface area (Å²) < 4.78 is 0. The molecule has 0 unspecified atom stereocenters. The van der Waals surface area contributed by atoms with Crippen molar-refractivity contribution in [2.75, 3.05) is 17.6 Å². The van der Waals surface area contributed by atoms with Crippen LogP contribution in [0.1, 0.15) is 21.5 Å². The molecule has 0 aliphatic carbocycles. The molecule has 0 aliphatic heterocycles. The second-order valence-electron chi connectivity index (χ2n) is 6.56. The van der Waals surface area contributed by atoms with Crippen LogP contribution in [0.25, 0.3) is 0 Å². The number of carbonyl (C=O) groups excluding carboxylic acids is 2. The van der Waals surface area contributed by atoms with E-state index in [0.29, 0.717) is 23.5 Å². The Bertz CT molecular complexity index is 930. The molecule has 0 spiro atoms. The van der Waals surface area contributed by atoms with Crippen molar-refractivity contribution in [2.45, 2.75) is 12.2 Å². The van der Waals surface area contributed by atoms with Crippen LogP contribution in [-0.2, 0) is 17.0 Å². The zero-order valence-electron chi connectivity index (χ0n) is 16.1. The van der Waals surface area contributed by atoms with Crippen molar-refractivity contribution in [3.05, 3.63) is 102 Å². The first-order valence-electron chi connectivity index (χ1n) is 9.55. The quantitative estimate of drug-likeness (QED) is 0.551. The highest BCUT2D eigenvalue weighted by Gasteiger charge is 2.13. The van der Waals surface area contributed by atoms with Gasteiger partial charge in [-0.2, -0.15) is 0 Å². The number of benzene rings is 3. The van der Waals surface area contributed by atoms with Gasteiger partial charge in [0.05, 0.1) is 17.0 Å². The minimum atomic E-state index is -0.186. The molecule has 5 heteroatoms. The van der Waals surface area contributed by atoms with Crippen LogP contribution in [0.4, 0.5) is 5.69 Å². The molecular weight excluding hydrogens is 380 g/mol. The van der Waals surface area contributed by atoms with E-state index < -0.39 is 0 Å². The molecule has 0 saturated heterocycles. The number of hydrogen-bond donors (Lipinski definition) is 2. The summed E-state index contributed by atoms with van der Waals surface area (Å²) >= 11 is 1.55. The normalized spacial score (nSPS) is 10.3. The third-order valence-corrected chi connectivity index (χ3v) is 5.34. The fraction of sp³-hybridized carbons (Fsp3) is 0.167. The zero-order chi connectivity index (χ0) is 20.3. The van der Waals surface area contributed by atoms with E-state index in [0.717, 1.165) is 12.2 Å². The van der Waals surface area contributed by atoms with Crippen LogP contribution < -0.4 is 10.6 Å². The molecule has 0 saturated carbocycles. The van der Waals surface area contributed by atoms with Crippen LogP contribution in [0, 0.1) is 0 Å². The Morgan fingerprint density at radius 1 is 0.759 bits per heavy atom. The Labute approximate surface area is 175 Å². The summed E-state index contributed by atoms with van der Waals surface area (Å²) in [5.74, 6) is 0.804. The number of thioether (sulfide) groups is 1. The van der Waals surface area contributed by atoms with Gasteiger partial charge in [-0.3, -0.25) is 9.59 Å². The van der Waals surface area contributed by atoms with Gasteiger partial charge in [0.2, 0.25) is 5.91 Å². The summed E-state index contributed by atoms with van der Waals surface area (Å²) in [6, 6.07) is 27.1. The van der Waals surface area contributed by atoms with Gasteiger partial charge in [-0.25, -0.2) is 0 Å². The second kappa shape index (κ2) is 11.1. The fourth-order valence-electron chi connectivity index (χ4n) is 2.87. The Balaban J connectivity index is 1.49. The van der Waals surface area contributed by atoms with Gasteiger partial charge < -0.3 is 10.6 Å². The van der Waals surface area contributed by atoms with Crippen molar-refractivity contribution < 1.29 is 9.59 Å². The Kier molecular flexibility index (Phi) is 7.90. The molecule has 2 amide bonds. The molecule has 3 aromatic carbocycles. The van der Waals surface area contributed by atoms with E-state index in [9.17, 15) is 9.59 Å². The predicted molar refractivity (Wildman–Crippen MR) is 120 cm³/mol. The van der Waals surface area contributed by atoms with E-state index >= 15 is 0 Å².